The molecule has 0 fully saturated rings. The Morgan fingerprint density at radius 1 is 1.38 bits per heavy atom. The summed E-state index contributed by atoms with van der Waals surface area (Å²) in [5.74, 6) is 0.253. The van der Waals surface area contributed by atoms with Gasteiger partial charge in [-0.3, -0.25) is 0 Å². The van der Waals surface area contributed by atoms with Crippen molar-refractivity contribution in [2.24, 2.45) is 0 Å². The van der Waals surface area contributed by atoms with Crippen molar-refractivity contribution in [1.82, 2.24) is 9.97 Å². The monoisotopic (exact) mass is 329 g/mol. The van der Waals surface area contributed by atoms with E-state index in [0.29, 0.717) is 28.7 Å². The molecule has 0 aliphatic rings. The summed E-state index contributed by atoms with van der Waals surface area (Å²) in [6.45, 7) is 5.10. The van der Waals surface area contributed by atoms with Crippen LogP contribution in [0.5, 0.6) is 0 Å². The minimum atomic E-state index is -0.383. The Kier molecular flexibility index (Phi) is 5.33. The average Bonchev–Trinajstić information content (AvgIpc) is 2.76. The third-order valence-electron chi connectivity index (χ3n) is 2.81. The highest BCUT2D eigenvalue weighted by atomic mass is 35.5. The minimum absolute atomic E-state index is 0.152. The Balaban J connectivity index is 2.40. The SMILES string of the molecule is CCNc1nc(Cl)nc2sc(C(=O)OCCOC)c(C)c12. The van der Waals surface area contributed by atoms with Crippen LogP contribution in [0.3, 0.4) is 0 Å². The van der Waals surface area contributed by atoms with E-state index < -0.39 is 0 Å². The molecular weight excluding hydrogens is 314 g/mol. The number of aryl methyl sites for hydroxylation is 1. The van der Waals surface area contributed by atoms with Crippen molar-refractivity contribution in [3.05, 3.63) is 15.7 Å². The van der Waals surface area contributed by atoms with Crippen LogP contribution in [-0.2, 0) is 9.47 Å². The fourth-order valence-electron chi connectivity index (χ4n) is 1.89. The smallest absolute Gasteiger partial charge is 0.348 e. The predicted octanol–water partition coefficient (Wildman–Crippen LogP) is 2.89. The molecule has 21 heavy (non-hydrogen) atoms. The highest BCUT2D eigenvalue weighted by Gasteiger charge is 2.21. The fraction of sp³-hybridized carbons (Fsp3) is 0.462. The summed E-state index contributed by atoms with van der Waals surface area (Å²) in [5, 5.41) is 4.10. The summed E-state index contributed by atoms with van der Waals surface area (Å²) in [4.78, 5) is 21.6. The van der Waals surface area contributed by atoms with Crippen molar-refractivity contribution in [3.8, 4) is 0 Å². The molecule has 8 heteroatoms. The molecule has 6 nitrogen and oxygen atoms in total. The van der Waals surface area contributed by atoms with Gasteiger partial charge in [-0.2, -0.15) is 0 Å². The first-order valence-electron chi connectivity index (χ1n) is 6.45. The van der Waals surface area contributed by atoms with E-state index in [2.05, 4.69) is 15.3 Å². The molecule has 2 aromatic rings. The highest BCUT2D eigenvalue weighted by Crippen LogP contribution is 2.34. The van der Waals surface area contributed by atoms with Crippen LogP contribution in [0.4, 0.5) is 5.82 Å². The lowest BCUT2D eigenvalue weighted by Gasteiger charge is -2.05. The van der Waals surface area contributed by atoms with Crippen LogP contribution in [0.2, 0.25) is 5.28 Å². The van der Waals surface area contributed by atoms with Gasteiger partial charge in [0.05, 0.1) is 12.0 Å². The number of nitrogens with zero attached hydrogens (tertiary/aromatic N) is 2. The van der Waals surface area contributed by atoms with Crippen molar-refractivity contribution in [1.29, 1.82) is 0 Å². The Hall–Kier alpha value is -1.44. The lowest BCUT2D eigenvalue weighted by atomic mass is 10.2. The number of methoxy groups -OCH3 is 1. The second kappa shape index (κ2) is 7.02. The normalized spacial score (nSPS) is 10.9. The summed E-state index contributed by atoms with van der Waals surface area (Å²) >= 11 is 7.17. The predicted molar refractivity (Wildman–Crippen MR) is 83.5 cm³/mol. The number of aromatic nitrogens is 2. The highest BCUT2D eigenvalue weighted by molar-refractivity contribution is 7.20. The number of thiophene rings is 1. The maximum Gasteiger partial charge on any atom is 0.348 e. The number of rotatable bonds is 6. The van der Waals surface area contributed by atoms with E-state index in [1.165, 1.54) is 11.3 Å². The van der Waals surface area contributed by atoms with Gasteiger partial charge in [0.15, 0.2) is 0 Å². The number of halogens is 1. The van der Waals surface area contributed by atoms with Gasteiger partial charge >= 0.3 is 5.97 Å². The molecule has 0 bridgehead atoms. The summed E-state index contributed by atoms with van der Waals surface area (Å²) in [7, 11) is 1.55. The van der Waals surface area contributed by atoms with Gasteiger partial charge in [0, 0.05) is 13.7 Å². The molecule has 0 amide bonds. The number of hydrogen-bond acceptors (Lipinski definition) is 7. The Morgan fingerprint density at radius 3 is 2.81 bits per heavy atom. The first kappa shape index (κ1) is 15.9. The zero-order chi connectivity index (χ0) is 15.4. The average molecular weight is 330 g/mol. The van der Waals surface area contributed by atoms with Crippen LogP contribution < -0.4 is 5.32 Å². The largest absolute Gasteiger partial charge is 0.459 e. The summed E-state index contributed by atoms with van der Waals surface area (Å²) in [6.07, 6.45) is 0. The van der Waals surface area contributed by atoms with E-state index in [4.69, 9.17) is 21.1 Å². The van der Waals surface area contributed by atoms with Crippen molar-refractivity contribution >= 4 is 44.9 Å². The second-order valence-corrected chi connectivity index (χ2v) is 5.57. The molecule has 0 spiro atoms. The Labute approximate surface area is 131 Å². The van der Waals surface area contributed by atoms with Gasteiger partial charge in [-0.25, -0.2) is 14.8 Å². The minimum Gasteiger partial charge on any atom is -0.459 e. The number of nitrogens with one attached hydrogen (secondary N) is 1. The molecule has 114 valence electrons. The van der Waals surface area contributed by atoms with E-state index in [1.54, 1.807) is 7.11 Å². The van der Waals surface area contributed by atoms with Gasteiger partial charge < -0.3 is 14.8 Å². The molecule has 0 aromatic carbocycles. The lowest BCUT2D eigenvalue weighted by Crippen LogP contribution is -2.09. The zero-order valence-corrected chi connectivity index (χ0v) is 13.6. The van der Waals surface area contributed by atoms with E-state index in [0.717, 1.165) is 10.9 Å². The molecule has 0 radical (unpaired) electrons. The third kappa shape index (κ3) is 3.42. The maximum atomic E-state index is 12.1. The van der Waals surface area contributed by atoms with Crippen LogP contribution in [-0.4, -0.2) is 42.8 Å². The molecule has 2 aromatic heterocycles. The van der Waals surface area contributed by atoms with Gasteiger partial charge in [0.25, 0.3) is 0 Å². The number of ether oxygens (including phenoxy) is 2. The number of esters is 1. The van der Waals surface area contributed by atoms with E-state index >= 15 is 0 Å². The van der Waals surface area contributed by atoms with Gasteiger partial charge in [0.2, 0.25) is 5.28 Å². The zero-order valence-electron chi connectivity index (χ0n) is 12.0. The van der Waals surface area contributed by atoms with Crippen molar-refractivity contribution in [3.63, 3.8) is 0 Å². The second-order valence-electron chi connectivity index (χ2n) is 4.24. The quantitative estimate of drug-likeness (QED) is 0.499. The topological polar surface area (TPSA) is 73.3 Å². The van der Waals surface area contributed by atoms with Gasteiger partial charge in [-0.05, 0) is 31.0 Å². The van der Waals surface area contributed by atoms with Gasteiger partial charge in [-0.15, -0.1) is 11.3 Å². The van der Waals surface area contributed by atoms with E-state index in [-0.39, 0.29) is 17.9 Å². The number of carbonyl (C=O) groups excluding carboxylic acids is 1. The molecule has 1 N–H and O–H groups in total. The standard InChI is InChI=1S/C13H16ClN3O3S/c1-4-15-10-8-7(2)9(12(18)20-6-5-19-3)21-11(8)17-13(14)16-10/h4-6H2,1-3H3,(H,15,16,17). The van der Waals surface area contributed by atoms with Crippen LogP contribution >= 0.6 is 22.9 Å². The number of carbonyl (C=O) groups is 1. The Bertz CT molecular complexity index is 660. The fourth-order valence-corrected chi connectivity index (χ4v) is 3.18. The first-order chi connectivity index (χ1) is 10.1. The molecule has 0 aliphatic heterocycles. The molecule has 0 saturated carbocycles. The van der Waals surface area contributed by atoms with Crippen LogP contribution in [0.1, 0.15) is 22.2 Å². The number of anilines is 1. The lowest BCUT2D eigenvalue weighted by molar-refractivity contribution is 0.0393. The summed E-state index contributed by atoms with van der Waals surface area (Å²) in [5.41, 5.74) is 0.796. The van der Waals surface area contributed by atoms with E-state index in [1.807, 2.05) is 13.8 Å². The van der Waals surface area contributed by atoms with Crippen LogP contribution in [0, 0.1) is 6.92 Å². The summed E-state index contributed by atoms with van der Waals surface area (Å²) in [6, 6.07) is 0. The first-order valence-corrected chi connectivity index (χ1v) is 7.64. The molecule has 2 rings (SSSR count). The van der Waals surface area contributed by atoms with Crippen molar-refractivity contribution in [2.75, 3.05) is 32.2 Å². The van der Waals surface area contributed by atoms with Crippen LogP contribution in [0.15, 0.2) is 0 Å². The molecule has 0 unspecified atom stereocenters. The molecule has 0 saturated heterocycles. The molecular formula is C13H16ClN3O3S. The Morgan fingerprint density at radius 2 is 2.14 bits per heavy atom. The maximum absolute atomic E-state index is 12.1. The van der Waals surface area contributed by atoms with Gasteiger partial charge in [0.1, 0.15) is 22.1 Å². The van der Waals surface area contributed by atoms with Crippen LogP contribution in [0.25, 0.3) is 10.2 Å². The number of hydrogen-bond donors (Lipinski definition) is 1. The molecule has 0 aliphatic carbocycles. The van der Waals surface area contributed by atoms with Gasteiger partial charge in [-0.1, -0.05) is 0 Å². The van der Waals surface area contributed by atoms with Crippen molar-refractivity contribution in [2.45, 2.75) is 13.8 Å². The molecule has 0 atom stereocenters. The summed E-state index contributed by atoms with van der Waals surface area (Å²) < 4.78 is 10.0. The van der Waals surface area contributed by atoms with E-state index in [9.17, 15) is 4.79 Å². The molecule has 2 heterocycles. The third-order valence-corrected chi connectivity index (χ3v) is 4.15. The van der Waals surface area contributed by atoms with Crippen molar-refractivity contribution < 1.29 is 14.3 Å². The number of fused-ring (bicyclic) bond motifs is 1.